The third kappa shape index (κ3) is 4.27. The zero-order chi connectivity index (χ0) is 24.8. The van der Waals surface area contributed by atoms with E-state index in [4.69, 9.17) is 27.7 Å². The summed E-state index contributed by atoms with van der Waals surface area (Å²) in [6.07, 6.45) is 0. The van der Waals surface area contributed by atoms with Crippen LogP contribution in [0.2, 0.25) is 5.02 Å². The summed E-state index contributed by atoms with van der Waals surface area (Å²) < 4.78 is 32.7. The normalized spacial score (nSPS) is 14.2. The maximum absolute atomic E-state index is 13.0. The number of nitrogens with one attached hydrogen (secondary N) is 2. The van der Waals surface area contributed by atoms with E-state index in [2.05, 4.69) is 15.2 Å². The van der Waals surface area contributed by atoms with Gasteiger partial charge in [-0.05, 0) is 68.8 Å². The van der Waals surface area contributed by atoms with Crippen molar-refractivity contribution in [1.29, 1.82) is 0 Å². The van der Waals surface area contributed by atoms with Crippen LogP contribution in [0.1, 0.15) is 16.8 Å². The summed E-state index contributed by atoms with van der Waals surface area (Å²) in [5.74, 6) is -1.29. The largest absolute Gasteiger partial charge is 0.350 e. The first-order chi connectivity index (χ1) is 16.0. The third-order valence-corrected chi connectivity index (χ3v) is 7.18. The predicted molar refractivity (Wildman–Crippen MR) is 128 cm³/mol. The Hall–Kier alpha value is -3.34. The molecule has 2 amide bonds. The van der Waals surface area contributed by atoms with Gasteiger partial charge in [0, 0.05) is 16.3 Å². The molecule has 9 nitrogen and oxygen atoms in total. The molecular weight excluding hydrogens is 503 g/mol. The van der Waals surface area contributed by atoms with Crippen molar-refractivity contribution in [2.45, 2.75) is 25.7 Å². The molecule has 2 N–H and O–H groups in total. The van der Waals surface area contributed by atoms with E-state index >= 15 is 0 Å². The highest BCUT2D eigenvalue weighted by Gasteiger charge is 2.39. The first-order valence-corrected chi connectivity index (χ1v) is 12.1. The fourth-order valence-electron chi connectivity index (χ4n) is 3.25. The quantitative estimate of drug-likeness (QED) is 0.459. The Bertz CT molecular complexity index is 1460. The molecule has 0 saturated carbocycles. The van der Waals surface area contributed by atoms with Gasteiger partial charge in [0.2, 0.25) is 5.88 Å². The number of hydrogen-bond acceptors (Lipinski definition) is 7. The number of nitrogens with zero attached hydrogens (tertiary/aromatic N) is 2. The minimum atomic E-state index is -3.94. The molecule has 4 rings (SSSR count). The number of benzene rings is 2. The molecular formula is C22H18Cl2N4O5S. The lowest BCUT2D eigenvalue weighted by molar-refractivity contribution is -0.120. The molecule has 0 radical (unpaired) electrons. The van der Waals surface area contributed by atoms with E-state index in [1.807, 2.05) is 0 Å². The first kappa shape index (κ1) is 23.8. The minimum absolute atomic E-state index is 0.0317. The molecule has 1 aromatic heterocycles. The highest BCUT2D eigenvalue weighted by atomic mass is 35.5. The van der Waals surface area contributed by atoms with Crippen molar-refractivity contribution in [2.75, 3.05) is 14.9 Å². The van der Waals surface area contributed by atoms with Gasteiger partial charge in [-0.15, -0.1) is 0 Å². The van der Waals surface area contributed by atoms with Gasteiger partial charge in [0.1, 0.15) is 10.7 Å². The first-order valence-electron chi connectivity index (χ1n) is 9.87. The topological polar surface area (TPSA) is 122 Å². The van der Waals surface area contributed by atoms with Crippen LogP contribution in [0.5, 0.6) is 0 Å². The maximum Gasteiger partial charge on any atom is 0.283 e. The van der Waals surface area contributed by atoms with Gasteiger partial charge in [-0.3, -0.25) is 9.59 Å². The Labute approximate surface area is 205 Å². The number of amides is 2. The molecule has 0 aliphatic carbocycles. The van der Waals surface area contributed by atoms with E-state index in [0.717, 1.165) is 4.90 Å². The molecule has 1 aliphatic rings. The Kier molecular flexibility index (Phi) is 6.15. The van der Waals surface area contributed by atoms with Crippen LogP contribution in [-0.2, 0) is 19.6 Å². The molecule has 3 aromatic rings. The van der Waals surface area contributed by atoms with E-state index in [0.29, 0.717) is 33.2 Å². The third-order valence-electron chi connectivity index (χ3n) is 5.25. The number of imide groups is 1. The van der Waals surface area contributed by atoms with Crippen LogP contribution in [0.4, 0.5) is 17.3 Å². The van der Waals surface area contributed by atoms with Crippen LogP contribution < -0.4 is 14.9 Å². The van der Waals surface area contributed by atoms with Crippen LogP contribution in [0.15, 0.2) is 62.6 Å². The molecule has 2 heterocycles. The van der Waals surface area contributed by atoms with Crippen LogP contribution in [0, 0.1) is 20.8 Å². The SMILES string of the molecule is Cc1cc(Cl)ccc1N1C(=O)C(Cl)=C(Nc2ccc(S(=O)(=O)Nc3onc(C)c3C)cc2)C1=O. The van der Waals surface area contributed by atoms with E-state index in [1.54, 1.807) is 39.0 Å². The van der Waals surface area contributed by atoms with Crippen LogP contribution in [0.3, 0.4) is 0 Å². The summed E-state index contributed by atoms with van der Waals surface area (Å²) in [6.45, 7) is 5.10. The Morgan fingerprint density at radius 3 is 2.24 bits per heavy atom. The molecule has 0 fully saturated rings. The smallest absolute Gasteiger partial charge is 0.283 e. The average molecular weight is 521 g/mol. The molecule has 12 heteroatoms. The number of carbonyl (C=O) groups is 2. The van der Waals surface area contributed by atoms with E-state index in [-0.39, 0.29) is 21.5 Å². The molecule has 0 atom stereocenters. The molecule has 1 aliphatic heterocycles. The van der Waals surface area contributed by atoms with Crippen molar-refractivity contribution in [1.82, 2.24) is 5.16 Å². The van der Waals surface area contributed by atoms with Gasteiger partial charge in [-0.25, -0.2) is 18.0 Å². The van der Waals surface area contributed by atoms with E-state index < -0.39 is 21.8 Å². The van der Waals surface area contributed by atoms with E-state index in [9.17, 15) is 18.0 Å². The number of hydrogen-bond donors (Lipinski definition) is 2. The van der Waals surface area contributed by atoms with Crippen molar-refractivity contribution < 1.29 is 22.5 Å². The van der Waals surface area contributed by atoms with Gasteiger partial charge >= 0.3 is 0 Å². The number of anilines is 3. The van der Waals surface area contributed by atoms with Crippen molar-refractivity contribution in [3.63, 3.8) is 0 Å². The van der Waals surface area contributed by atoms with Crippen LogP contribution in [-0.4, -0.2) is 25.4 Å². The average Bonchev–Trinajstić information content (AvgIpc) is 3.20. The Morgan fingerprint density at radius 2 is 1.65 bits per heavy atom. The number of rotatable bonds is 6. The van der Waals surface area contributed by atoms with Gasteiger partial charge in [-0.1, -0.05) is 28.4 Å². The van der Waals surface area contributed by atoms with Gasteiger partial charge in [-0.2, -0.15) is 0 Å². The summed E-state index contributed by atoms with van der Waals surface area (Å²) in [5.41, 5.74) is 2.37. The molecule has 0 bridgehead atoms. The van der Waals surface area contributed by atoms with Crippen molar-refractivity contribution in [3.8, 4) is 0 Å². The maximum atomic E-state index is 13.0. The molecule has 0 saturated heterocycles. The zero-order valence-electron chi connectivity index (χ0n) is 18.1. The molecule has 0 spiro atoms. The molecule has 34 heavy (non-hydrogen) atoms. The summed E-state index contributed by atoms with van der Waals surface area (Å²) in [4.78, 5) is 26.6. The fourth-order valence-corrected chi connectivity index (χ4v) is 4.74. The monoisotopic (exact) mass is 520 g/mol. The lowest BCUT2D eigenvalue weighted by Crippen LogP contribution is -2.32. The van der Waals surface area contributed by atoms with Crippen LogP contribution in [0.25, 0.3) is 0 Å². The summed E-state index contributed by atoms with van der Waals surface area (Å²) in [7, 11) is -3.94. The standard InChI is InChI=1S/C22H18Cl2N4O5S/c1-11-10-14(23)4-9-17(11)28-21(29)18(24)19(22(28)30)25-15-5-7-16(8-6-15)34(31,32)27-20-12(2)13(3)26-33-20/h4-10,25,27H,1-3H3. The Balaban J connectivity index is 1.54. The molecule has 0 unspecified atom stereocenters. The predicted octanol–water partition coefficient (Wildman–Crippen LogP) is 4.49. The van der Waals surface area contributed by atoms with Crippen molar-refractivity contribution >= 4 is 62.3 Å². The molecule has 176 valence electrons. The van der Waals surface area contributed by atoms with Crippen LogP contribution >= 0.6 is 23.2 Å². The van der Waals surface area contributed by atoms with Gasteiger partial charge in [0.05, 0.1) is 16.3 Å². The van der Waals surface area contributed by atoms with Gasteiger partial charge < -0.3 is 9.84 Å². The second-order valence-corrected chi connectivity index (χ2v) is 10.0. The second-order valence-electron chi connectivity index (χ2n) is 7.54. The van der Waals surface area contributed by atoms with Gasteiger partial charge in [0.25, 0.3) is 21.8 Å². The highest BCUT2D eigenvalue weighted by Crippen LogP contribution is 2.33. The fraction of sp³-hybridized carbons (Fsp3) is 0.136. The summed E-state index contributed by atoms with van der Waals surface area (Å²) >= 11 is 12.1. The number of sulfonamides is 1. The summed E-state index contributed by atoms with van der Waals surface area (Å²) in [5, 5.41) is 6.72. The van der Waals surface area contributed by atoms with Crippen molar-refractivity contribution in [2.24, 2.45) is 0 Å². The lowest BCUT2D eigenvalue weighted by Gasteiger charge is -2.17. The van der Waals surface area contributed by atoms with Crippen molar-refractivity contribution in [3.05, 3.63) is 75.0 Å². The minimum Gasteiger partial charge on any atom is -0.350 e. The number of carbonyl (C=O) groups excluding carboxylic acids is 2. The van der Waals surface area contributed by atoms with Gasteiger partial charge in [0.15, 0.2) is 0 Å². The number of aromatic nitrogens is 1. The second kappa shape index (κ2) is 8.79. The summed E-state index contributed by atoms with van der Waals surface area (Å²) in [6, 6.07) is 10.3. The number of halogens is 2. The Morgan fingerprint density at radius 1 is 0.971 bits per heavy atom. The zero-order valence-corrected chi connectivity index (χ0v) is 20.5. The highest BCUT2D eigenvalue weighted by molar-refractivity contribution is 7.92. The number of aryl methyl sites for hydroxylation is 2. The lowest BCUT2D eigenvalue weighted by atomic mass is 10.2. The molecule has 2 aromatic carbocycles. The van der Waals surface area contributed by atoms with E-state index in [1.165, 1.54) is 24.3 Å².